The highest BCUT2D eigenvalue weighted by Crippen LogP contribution is 2.31. The first-order chi connectivity index (χ1) is 10.2. The third-order valence-electron chi connectivity index (χ3n) is 3.33. The number of sulfonamides is 1. The number of carbonyl (C=O) groups is 2. The second-order valence-electron chi connectivity index (χ2n) is 5.06. The zero-order valence-corrected chi connectivity index (χ0v) is 13.4. The zero-order valence-electron chi connectivity index (χ0n) is 11.8. The molecule has 0 radical (unpaired) electrons. The van der Waals surface area contributed by atoms with Gasteiger partial charge in [0, 0.05) is 23.9 Å². The van der Waals surface area contributed by atoms with Crippen molar-refractivity contribution in [2.45, 2.75) is 6.42 Å². The van der Waals surface area contributed by atoms with Crippen LogP contribution in [0.25, 0.3) is 0 Å². The highest BCUT2D eigenvalue weighted by molar-refractivity contribution is 7.89. The molecule has 2 N–H and O–H groups in total. The largest absolute Gasteiger partial charge is 0.465 e. The third kappa shape index (κ3) is 3.76. The summed E-state index contributed by atoms with van der Waals surface area (Å²) < 4.78 is 27.0. The molecular formula is C13H15ClN2O5S. The molecule has 1 amide bonds. The van der Waals surface area contributed by atoms with E-state index in [0.29, 0.717) is 10.7 Å². The number of ether oxygens (including phenoxy) is 1. The van der Waals surface area contributed by atoms with Crippen molar-refractivity contribution < 1.29 is 22.7 Å². The van der Waals surface area contributed by atoms with Crippen molar-refractivity contribution in [2.75, 3.05) is 24.3 Å². The molecule has 0 aromatic heterocycles. The maximum atomic E-state index is 12.1. The van der Waals surface area contributed by atoms with E-state index in [1.165, 1.54) is 30.2 Å². The van der Waals surface area contributed by atoms with Gasteiger partial charge in [-0.2, -0.15) is 0 Å². The minimum absolute atomic E-state index is 0.0452. The Labute approximate surface area is 133 Å². The van der Waals surface area contributed by atoms with Crippen LogP contribution in [-0.2, 0) is 19.6 Å². The lowest BCUT2D eigenvalue weighted by molar-refractivity contribution is -0.117. The average molecular weight is 347 g/mol. The number of primary sulfonamides is 1. The van der Waals surface area contributed by atoms with Crippen LogP contribution in [0.15, 0.2) is 18.2 Å². The second kappa shape index (κ2) is 6.23. The van der Waals surface area contributed by atoms with Gasteiger partial charge < -0.3 is 9.64 Å². The van der Waals surface area contributed by atoms with E-state index in [-0.39, 0.29) is 30.2 Å². The first-order valence-corrected chi connectivity index (χ1v) is 8.49. The molecule has 22 heavy (non-hydrogen) atoms. The molecule has 9 heteroatoms. The van der Waals surface area contributed by atoms with Crippen molar-refractivity contribution in [1.82, 2.24) is 0 Å². The monoisotopic (exact) mass is 346 g/mol. The summed E-state index contributed by atoms with van der Waals surface area (Å²) in [5.41, 5.74) is 0.498. The van der Waals surface area contributed by atoms with E-state index in [1.54, 1.807) is 0 Å². The molecule has 1 heterocycles. The van der Waals surface area contributed by atoms with E-state index in [0.717, 1.165) is 0 Å². The summed E-state index contributed by atoms with van der Waals surface area (Å²) in [6.45, 7) is 0.152. The molecule has 1 aromatic rings. The summed E-state index contributed by atoms with van der Waals surface area (Å²) in [6, 6.07) is 4.45. The Morgan fingerprint density at radius 2 is 2.18 bits per heavy atom. The number of nitrogens with two attached hydrogens (primary N) is 1. The molecule has 1 unspecified atom stereocenters. The number of esters is 1. The number of anilines is 1. The minimum Gasteiger partial charge on any atom is -0.465 e. The van der Waals surface area contributed by atoms with Gasteiger partial charge in [-0.15, -0.1) is 0 Å². The van der Waals surface area contributed by atoms with Gasteiger partial charge in [-0.25, -0.2) is 18.4 Å². The molecule has 2 rings (SSSR count). The maximum absolute atomic E-state index is 12.1. The van der Waals surface area contributed by atoms with Crippen molar-refractivity contribution in [2.24, 2.45) is 11.1 Å². The molecule has 1 saturated heterocycles. The number of hydrogen-bond donors (Lipinski definition) is 1. The van der Waals surface area contributed by atoms with E-state index in [1.807, 2.05) is 0 Å². The highest BCUT2D eigenvalue weighted by atomic mass is 35.5. The Balaban J connectivity index is 2.34. The third-order valence-corrected chi connectivity index (χ3v) is 4.50. The van der Waals surface area contributed by atoms with Gasteiger partial charge in [-0.1, -0.05) is 11.6 Å². The fraction of sp³-hybridized carbons (Fsp3) is 0.385. The van der Waals surface area contributed by atoms with Crippen LogP contribution in [0.3, 0.4) is 0 Å². The first-order valence-electron chi connectivity index (χ1n) is 6.40. The molecule has 1 aliphatic heterocycles. The van der Waals surface area contributed by atoms with E-state index < -0.39 is 21.9 Å². The number of halogens is 1. The maximum Gasteiger partial charge on any atom is 0.339 e. The van der Waals surface area contributed by atoms with E-state index in [4.69, 9.17) is 16.7 Å². The van der Waals surface area contributed by atoms with Gasteiger partial charge >= 0.3 is 5.97 Å². The van der Waals surface area contributed by atoms with Gasteiger partial charge in [0.05, 0.1) is 24.1 Å². The molecule has 1 atom stereocenters. The van der Waals surface area contributed by atoms with Crippen LogP contribution in [0.5, 0.6) is 0 Å². The van der Waals surface area contributed by atoms with Crippen LogP contribution in [0.2, 0.25) is 5.02 Å². The lowest BCUT2D eigenvalue weighted by Gasteiger charge is -2.19. The number of rotatable bonds is 4. The van der Waals surface area contributed by atoms with Crippen LogP contribution < -0.4 is 10.0 Å². The topological polar surface area (TPSA) is 107 Å². The number of methoxy groups -OCH3 is 1. The molecule has 120 valence electrons. The van der Waals surface area contributed by atoms with Crippen LogP contribution in [0, 0.1) is 5.92 Å². The molecule has 7 nitrogen and oxygen atoms in total. The fourth-order valence-corrected chi connectivity index (χ4v) is 3.51. The van der Waals surface area contributed by atoms with Crippen molar-refractivity contribution in [3.63, 3.8) is 0 Å². The molecule has 0 aliphatic carbocycles. The Morgan fingerprint density at radius 1 is 1.50 bits per heavy atom. The predicted octanol–water partition coefficient (Wildman–Crippen LogP) is 0.768. The number of hydrogen-bond acceptors (Lipinski definition) is 5. The van der Waals surface area contributed by atoms with Gasteiger partial charge in [0.1, 0.15) is 0 Å². The summed E-state index contributed by atoms with van der Waals surface area (Å²) in [5.74, 6) is -1.61. The van der Waals surface area contributed by atoms with Gasteiger partial charge in [0.15, 0.2) is 0 Å². The summed E-state index contributed by atoms with van der Waals surface area (Å²) in [5, 5.41) is 5.37. The molecule has 0 bridgehead atoms. The minimum atomic E-state index is -3.67. The zero-order chi connectivity index (χ0) is 16.5. The summed E-state index contributed by atoms with van der Waals surface area (Å²) in [4.78, 5) is 25.3. The quantitative estimate of drug-likeness (QED) is 0.810. The average Bonchev–Trinajstić information content (AvgIpc) is 2.76. The van der Waals surface area contributed by atoms with Crippen molar-refractivity contribution >= 4 is 39.2 Å². The number of amides is 1. The number of benzene rings is 1. The van der Waals surface area contributed by atoms with Gasteiger partial charge in [0.2, 0.25) is 15.9 Å². The fourth-order valence-electron chi connectivity index (χ4n) is 2.47. The lowest BCUT2D eigenvalue weighted by atomic mass is 10.1. The number of nitrogens with zero attached hydrogens (tertiary/aromatic N) is 1. The summed E-state index contributed by atoms with van der Waals surface area (Å²) in [7, 11) is -2.44. The smallest absolute Gasteiger partial charge is 0.339 e. The van der Waals surface area contributed by atoms with Gasteiger partial charge in [0.25, 0.3) is 0 Å². The van der Waals surface area contributed by atoms with E-state index in [9.17, 15) is 18.0 Å². The summed E-state index contributed by atoms with van der Waals surface area (Å²) >= 11 is 5.93. The first kappa shape index (κ1) is 16.7. The van der Waals surface area contributed by atoms with Gasteiger partial charge in [-0.05, 0) is 18.2 Å². The molecule has 1 aromatic carbocycles. The molecular weight excluding hydrogens is 332 g/mol. The second-order valence-corrected chi connectivity index (χ2v) is 7.15. The van der Waals surface area contributed by atoms with E-state index in [2.05, 4.69) is 4.74 Å². The number of carbonyl (C=O) groups excluding carboxylic acids is 2. The van der Waals surface area contributed by atoms with Crippen molar-refractivity contribution in [3.8, 4) is 0 Å². The van der Waals surface area contributed by atoms with E-state index >= 15 is 0 Å². The predicted molar refractivity (Wildman–Crippen MR) is 81.2 cm³/mol. The SMILES string of the molecule is COC(=O)c1ccc(Cl)cc1N1CC(CS(N)(=O)=O)CC1=O. The van der Waals surface area contributed by atoms with Crippen LogP contribution in [0.4, 0.5) is 5.69 Å². The molecule has 0 spiro atoms. The standard InChI is InChI=1S/C13H15ClN2O5S/c1-21-13(18)10-3-2-9(14)5-11(10)16-6-8(4-12(16)17)7-22(15,19)20/h2-3,5,8H,4,6-7H2,1H3,(H2,15,19,20). The highest BCUT2D eigenvalue weighted by Gasteiger charge is 2.34. The van der Waals surface area contributed by atoms with Gasteiger partial charge in [-0.3, -0.25) is 4.79 Å². The Morgan fingerprint density at radius 3 is 2.77 bits per heavy atom. The van der Waals surface area contributed by atoms with Crippen molar-refractivity contribution in [1.29, 1.82) is 0 Å². The van der Waals surface area contributed by atoms with Crippen LogP contribution >= 0.6 is 11.6 Å². The molecule has 1 fully saturated rings. The summed E-state index contributed by atoms with van der Waals surface area (Å²) in [6.07, 6.45) is 0.0452. The lowest BCUT2D eigenvalue weighted by Crippen LogP contribution is -2.28. The molecule has 1 aliphatic rings. The Hall–Kier alpha value is -1.64. The molecule has 0 saturated carbocycles. The Bertz CT molecular complexity index is 719. The van der Waals surface area contributed by atoms with Crippen LogP contribution in [-0.4, -0.2) is 39.7 Å². The Kier molecular flexibility index (Phi) is 4.74. The normalized spacial score (nSPS) is 18.6. The van der Waals surface area contributed by atoms with Crippen molar-refractivity contribution in [3.05, 3.63) is 28.8 Å². The van der Waals surface area contributed by atoms with Crippen LogP contribution in [0.1, 0.15) is 16.8 Å².